The lowest BCUT2D eigenvalue weighted by Crippen LogP contribution is -2.00. The van der Waals surface area contributed by atoms with Crippen LogP contribution in [-0.2, 0) is 0 Å². The first-order valence-corrected chi connectivity index (χ1v) is 7.16. The largest absolute Gasteiger partial charge is 0.362 e. The van der Waals surface area contributed by atoms with E-state index in [1.54, 1.807) is 6.20 Å². The second-order valence-corrected chi connectivity index (χ2v) is 5.53. The van der Waals surface area contributed by atoms with Crippen LogP contribution in [0.15, 0.2) is 48.7 Å². The average molecular weight is 300 g/mol. The maximum absolute atomic E-state index is 12.2. The number of hydrogen-bond acceptors (Lipinski definition) is 2. The molecule has 0 aliphatic rings. The molecule has 2 rings (SSSR count). The van der Waals surface area contributed by atoms with E-state index in [4.69, 9.17) is 11.6 Å². The molecule has 0 radical (unpaired) electrons. The number of carbonyl (C=O) groups is 1. The van der Waals surface area contributed by atoms with Gasteiger partial charge in [-0.1, -0.05) is 35.4 Å². The molecule has 0 fully saturated rings. The molecule has 1 N–H and O–H groups in total. The van der Waals surface area contributed by atoms with Gasteiger partial charge < -0.3 is 5.32 Å². The van der Waals surface area contributed by atoms with Gasteiger partial charge >= 0.3 is 0 Å². The Hall–Kier alpha value is -2.06. The van der Waals surface area contributed by atoms with Crippen LogP contribution in [0.1, 0.15) is 27.0 Å². The van der Waals surface area contributed by atoms with Gasteiger partial charge in [-0.2, -0.15) is 0 Å². The van der Waals surface area contributed by atoms with Crippen LogP contribution in [0.2, 0.25) is 5.02 Å². The van der Waals surface area contributed by atoms with Gasteiger partial charge in [-0.15, -0.1) is 0 Å². The molecule has 0 saturated heterocycles. The number of ketones is 1. The minimum absolute atomic E-state index is 0.0121. The molecule has 2 nitrogen and oxygen atoms in total. The van der Waals surface area contributed by atoms with Crippen LogP contribution in [-0.4, -0.2) is 5.78 Å². The molecular weight excluding hydrogens is 282 g/mol. The number of nitrogens with one attached hydrogen (secondary N) is 1. The van der Waals surface area contributed by atoms with Crippen LogP contribution in [0.5, 0.6) is 0 Å². The van der Waals surface area contributed by atoms with Gasteiger partial charge in [0.2, 0.25) is 0 Å². The van der Waals surface area contributed by atoms with E-state index in [1.165, 1.54) is 6.08 Å². The lowest BCUT2D eigenvalue weighted by atomic mass is 10.0. The van der Waals surface area contributed by atoms with Crippen LogP contribution in [0.4, 0.5) is 5.69 Å². The van der Waals surface area contributed by atoms with Crippen LogP contribution in [0.25, 0.3) is 0 Å². The summed E-state index contributed by atoms with van der Waals surface area (Å²) in [5.41, 5.74) is 4.67. The van der Waals surface area contributed by atoms with Gasteiger partial charge in [-0.05, 0) is 50.1 Å². The molecule has 21 heavy (non-hydrogen) atoms. The van der Waals surface area contributed by atoms with E-state index in [0.29, 0.717) is 5.02 Å². The number of carbonyl (C=O) groups excluding carboxylic acids is 1. The fourth-order valence-electron chi connectivity index (χ4n) is 1.99. The summed E-state index contributed by atoms with van der Waals surface area (Å²) in [6, 6.07) is 11.6. The Morgan fingerprint density at radius 1 is 1.05 bits per heavy atom. The minimum Gasteiger partial charge on any atom is -0.362 e. The molecule has 3 heteroatoms. The maximum atomic E-state index is 12.2. The molecule has 0 aromatic heterocycles. The third-order valence-electron chi connectivity index (χ3n) is 3.32. The van der Waals surface area contributed by atoms with Crippen molar-refractivity contribution in [1.82, 2.24) is 0 Å². The zero-order chi connectivity index (χ0) is 15.4. The first-order valence-electron chi connectivity index (χ1n) is 6.78. The summed E-state index contributed by atoms with van der Waals surface area (Å²) < 4.78 is 0. The molecule has 2 aromatic rings. The van der Waals surface area contributed by atoms with Crippen molar-refractivity contribution in [2.75, 3.05) is 5.32 Å². The number of allylic oxidation sites excluding steroid dienone is 1. The van der Waals surface area contributed by atoms with Gasteiger partial charge in [-0.3, -0.25) is 4.79 Å². The highest BCUT2D eigenvalue weighted by molar-refractivity contribution is 6.31. The van der Waals surface area contributed by atoms with Gasteiger partial charge in [0.15, 0.2) is 5.78 Å². The Morgan fingerprint density at radius 2 is 1.76 bits per heavy atom. The summed E-state index contributed by atoms with van der Waals surface area (Å²) >= 11 is 6.06. The Kier molecular flexibility index (Phi) is 4.81. The summed E-state index contributed by atoms with van der Waals surface area (Å²) in [6.07, 6.45) is 3.18. The molecule has 0 aliphatic heterocycles. The smallest absolute Gasteiger partial charge is 0.187 e. The van der Waals surface area contributed by atoms with Crippen molar-refractivity contribution in [2.24, 2.45) is 0 Å². The number of rotatable bonds is 4. The fraction of sp³-hybridized carbons (Fsp3) is 0.167. The van der Waals surface area contributed by atoms with Gasteiger partial charge in [0.1, 0.15) is 0 Å². The molecule has 0 heterocycles. The van der Waals surface area contributed by atoms with E-state index in [-0.39, 0.29) is 5.78 Å². The zero-order valence-corrected chi connectivity index (χ0v) is 13.2. The van der Waals surface area contributed by atoms with Crippen molar-refractivity contribution in [3.63, 3.8) is 0 Å². The van der Waals surface area contributed by atoms with Crippen molar-refractivity contribution in [3.05, 3.63) is 76.0 Å². The maximum Gasteiger partial charge on any atom is 0.187 e. The van der Waals surface area contributed by atoms with Crippen molar-refractivity contribution < 1.29 is 4.79 Å². The van der Waals surface area contributed by atoms with Gasteiger partial charge in [0.25, 0.3) is 0 Å². The molecule has 0 spiro atoms. The normalized spacial score (nSPS) is 10.9. The predicted molar refractivity (Wildman–Crippen MR) is 89.2 cm³/mol. The molecule has 108 valence electrons. The summed E-state index contributed by atoms with van der Waals surface area (Å²) in [6.45, 7) is 5.87. The summed E-state index contributed by atoms with van der Waals surface area (Å²) in [5.74, 6) is -0.0121. The van der Waals surface area contributed by atoms with Crippen LogP contribution in [0, 0.1) is 20.8 Å². The Morgan fingerprint density at radius 3 is 2.48 bits per heavy atom. The molecule has 0 saturated carbocycles. The highest BCUT2D eigenvalue weighted by Crippen LogP contribution is 2.20. The third kappa shape index (κ3) is 3.96. The number of halogens is 1. The van der Waals surface area contributed by atoms with Crippen LogP contribution in [0.3, 0.4) is 0 Å². The Labute approximate surface area is 130 Å². The SMILES string of the molecule is Cc1ccc(C)c(C(=O)/C=C/Nc2ccc(C)c(Cl)c2)c1. The zero-order valence-electron chi connectivity index (χ0n) is 12.4. The fourth-order valence-corrected chi connectivity index (χ4v) is 2.17. The van der Waals surface area contributed by atoms with Crippen molar-refractivity contribution >= 4 is 23.1 Å². The predicted octanol–water partition coefficient (Wildman–Crippen LogP) is 5.07. The van der Waals surface area contributed by atoms with Crippen molar-refractivity contribution in [3.8, 4) is 0 Å². The highest BCUT2D eigenvalue weighted by Gasteiger charge is 2.05. The van der Waals surface area contributed by atoms with E-state index in [9.17, 15) is 4.79 Å². The first kappa shape index (κ1) is 15.3. The summed E-state index contributed by atoms with van der Waals surface area (Å²) in [5, 5.41) is 3.76. The lowest BCUT2D eigenvalue weighted by Gasteiger charge is -2.05. The van der Waals surface area contributed by atoms with Crippen LogP contribution < -0.4 is 5.32 Å². The van der Waals surface area contributed by atoms with Crippen molar-refractivity contribution in [1.29, 1.82) is 0 Å². The van der Waals surface area contributed by atoms with E-state index in [2.05, 4.69) is 5.32 Å². The third-order valence-corrected chi connectivity index (χ3v) is 3.72. The van der Waals surface area contributed by atoms with E-state index >= 15 is 0 Å². The standard InChI is InChI=1S/C18H18ClNO/c1-12-4-5-13(2)16(10-12)18(21)8-9-20-15-7-6-14(3)17(19)11-15/h4-11,20H,1-3H3/b9-8+. The van der Waals surface area contributed by atoms with Crippen molar-refractivity contribution in [2.45, 2.75) is 20.8 Å². The minimum atomic E-state index is -0.0121. The van der Waals surface area contributed by atoms with Gasteiger partial charge in [0.05, 0.1) is 0 Å². The highest BCUT2D eigenvalue weighted by atomic mass is 35.5. The Bertz CT molecular complexity index is 704. The molecule has 0 amide bonds. The van der Waals surface area contributed by atoms with Gasteiger partial charge in [0, 0.05) is 28.5 Å². The molecule has 0 bridgehead atoms. The molecule has 0 unspecified atom stereocenters. The molecule has 2 aromatic carbocycles. The number of aryl methyl sites for hydroxylation is 3. The number of anilines is 1. The average Bonchev–Trinajstić information content (AvgIpc) is 2.45. The van der Waals surface area contributed by atoms with Crippen LogP contribution >= 0.6 is 11.6 Å². The quantitative estimate of drug-likeness (QED) is 0.630. The van der Waals surface area contributed by atoms with E-state index in [1.807, 2.05) is 57.2 Å². The molecule has 0 aliphatic carbocycles. The summed E-state index contributed by atoms with van der Waals surface area (Å²) in [7, 11) is 0. The number of hydrogen-bond donors (Lipinski definition) is 1. The van der Waals surface area contributed by atoms with E-state index in [0.717, 1.165) is 27.9 Å². The second kappa shape index (κ2) is 6.59. The summed E-state index contributed by atoms with van der Waals surface area (Å²) in [4.78, 5) is 12.2. The first-order chi connectivity index (χ1) is 9.97. The van der Waals surface area contributed by atoms with Gasteiger partial charge in [-0.25, -0.2) is 0 Å². The topological polar surface area (TPSA) is 29.1 Å². The van der Waals surface area contributed by atoms with E-state index < -0.39 is 0 Å². The Balaban J connectivity index is 2.08. The second-order valence-electron chi connectivity index (χ2n) is 5.12. The monoisotopic (exact) mass is 299 g/mol. The molecule has 0 atom stereocenters. The number of benzene rings is 2. The lowest BCUT2D eigenvalue weighted by molar-refractivity contribution is 0.104. The molecular formula is C18H18ClNO.